The van der Waals surface area contributed by atoms with Crippen molar-refractivity contribution >= 4 is 17.4 Å². The molecule has 0 fully saturated rings. The van der Waals surface area contributed by atoms with Crippen molar-refractivity contribution in [3.63, 3.8) is 0 Å². The fourth-order valence-corrected chi connectivity index (χ4v) is 1.60. The number of halogens is 1. The Morgan fingerprint density at radius 1 is 1.73 bits per heavy atom. The molecular formula is C8H9ClN2. The van der Waals surface area contributed by atoms with E-state index < -0.39 is 0 Å². The average Bonchev–Trinajstić information content (AvgIpc) is 2.31. The van der Waals surface area contributed by atoms with Crippen LogP contribution in [0.3, 0.4) is 0 Å². The van der Waals surface area contributed by atoms with E-state index in [-0.39, 0.29) is 0 Å². The van der Waals surface area contributed by atoms with Crippen LogP contribution in [0.5, 0.6) is 0 Å². The predicted molar refractivity (Wildman–Crippen MR) is 46.0 cm³/mol. The molecular weight excluding hydrogens is 160 g/mol. The summed E-state index contributed by atoms with van der Waals surface area (Å²) in [5.41, 5.74) is 1.15. The molecule has 0 saturated heterocycles. The van der Waals surface area contributed by atoms with Gasteiger partial charge < -0.3 is 5.32 Å². The lowest BCUT2D eigenvalue weighted by Crippen LogP contribution is -2.08. The van der Waals surface area contributed by atoms with Crippen LogP contribution in [-0.2, 0) is 6.42 Å². The zero-order chi connectivity index (χ0) is 7.84. The van der Waals surface area contributed by atoms with Crippen LogP contribution in [0.1, 0.15) is 12.5 Å². The third-order valence-corrected chi connectivity index (χ3v) is 2.25. The first-order chi connectivity index (χ1) is 5.27. The van der Waals surface area contributed by atoms with Crippen LogP contribution >= 0.6 is 11.6 Å². The van der Waals surface area contributed by atoms with Gasteiger partial charge in [-0.3, -0.25) is 0 Å². The van der Waals surface area contributed by atoms with E-state index in [4.69, 9.17) is 11.6 Å². The van der Waals surface area contributed by atoms with E-state index in [0.29, 0.717) is 6.04 Å². The third-order valence-electron chi connectivity index (χ3n) is 1.89. The van der Waals surface area contributed by atoms with E-state index in [0.717, 1.165) is 22.8 Å². The highest BCUT2D eigenvalue weighted by Crippen LogP contribution is 2.29. The quantitative estimate of drug-likeness (QED) is 0.642. The molecule has 11 heavy (non-hydrogen) atoms. The lowest BCUT2D eigenvalue weighted by molar-refractivity contribution is 0.838. The molecule has 3 heteroatoms. The van der Waals surface area contributed by atoms with Gasteiger partial charge in [-0.05, 0) is 19.4 Å². The molecule has 1 atom stereocenters. The number of anilines is 1. The number of pyridine rings is 1. The van der Waals surface area contributed by atoms with E-state index in [1.165, 1.54) is 0 Å². The predicted octanol–water partition coefficient (Wildman–Crippen LogP) is 2.09. The molecule has 2 heterocycles. The summed E-state index contributed by atoms with van der Waals surface area (Å²) in [7, 11) is 0. The van der Waals surface area contributed by atoms with Crippen LogP contribution in [0.4, 0.5) is 5.82 Å². The minimum absolute atomic E-state index is 0.470. The first-order valence-electron chi connectivity index (χ1n) is 3.67. The molecule has 0 aromatic carbocycles. The lowest BCUT2D eigenvalue weighted by Gasteiger charge is -1.99. The second-order valence-corrected chi connectivity index (χ2v) is 3.28. The molecule has 0 bridgehead atoms. The Morgan fingerprint density at radius 3 is 3.27 bits per heavy atom. The minimum atomic E-state index is 0.470. The van der Waals surface area contributed by atoms with Gasteiger partial charge in [0.25, 0.3) is 0 Å². The standard InChI is InChI=1S/C8H9ClN2/c1-5-4-6-7(9)2-3-10-8(6)11-5/h2-3,5H,4H2,1H3,(H,10,11)/t5-/m1/s1. The summed E-state index contributed by atoms with van der Waals surface area (Å²) in [6.45, 7) is 2.12. The summed E-state index contributed by atoms with van der Waals surface area (Å²) in [6.07, 6.45) is 2.72. The van der Waals surface area contributed by atoms with Crippen LogP contribution in [0.25, 0.3) is 0 Å². The van der Waals surface area contributed by atoms with Crippen LogP contribution in [-0.4, -0.2) is 11.0 Å². The Labute approximate surface area is 70.6 Å². The summed E-state index contributed by atoms with van der Waals surface area (Å²) in [5, 5.41) is 4.07. The molecule has 0 saturated carbocycles. The summed E-state index contributed by atoms with van der Waals surface area (Å²) >= 11 is 5.95. The normalized spacial score (nSPS) is 21.1. The van der Waals surface area contributed by atoms with Crippen molar-refractivity contribution in [1.29, 1.82) is 0 Å². The monoisotopic (exact) mass is 168 g/mol. The zero-order valence-corrected chi connectivity index (χ0v) is 7.02. The number of hydrogen-bond donors (Lipinski definition) is 1. The highest BCUT2D eigenvalue weighted by molar-refractivity contribution is 6.31. The van der Waals surface area contributed by atoms with E-state index in [1.54, 1.807) is 6.20 Å². The van der Waals surface area contributed by atoms with Crippen LogP contribution in [0.15, 0.2) is 12.3 Å². The van der Waals surface area contributed by atoms with Gasteiger partial charge in [-0.25, -0.2) is 4.98 Å². The number of nitrogens with zero attached hydrogens (tertiary/aromatic N) is 1. The molecule has 1 aromatic rings. The van der Waals surface area contributed by atoms with Crippen molar-refractivity contribution < 1.29 is 0 Å². The Balaban J connectivity index is 2.49. The van der Waals surface area contributed by atoms with Crippen molar-refractivity contribution in [2.45, 2.75) is 19.4 Å². The van der Waals surface area contributed by atoms with Crippen LogP contribution in [0, 0.1) is 0 Å². The SMILES string of the molecule is C[C@@H]1Cc2c(Cl)ccnc2N1. The summed E-state index contributed by atoms with van der Waals surface area (Å²) < 4.78 is 0. The molecule has 1 aliphatic rings. The number of hydrogen-bond acceptors (Lipinski definition) is 2. The van der Waals surface area contributed by atoms with Gasteiger partial charge in [-0.2, -0.15) is 0 Å². The number of fused-ring (bicyclic) bond motifs is 1. The van der Waals surface area contributed by atoms with Gasteiger partial charge >= 0.3 is 0 Å². The summed E-state index contributed by atoms with van der Waals surface area (Å²) in [5.74, 6) is 0.949. The molecule has 1 N–H and O–H groups in total. The average molecular weight is 169 g/mol. The molecule has 58 valence electrons. The molecule has 0 unspecified atom stereocenters. The van der Waals surface area contributed by atoms with Crippen molar-refractivity contribution in [1.82, 2.24) is 4.98 Å². The van der Waals surface area contributed by atoms with E-state index >= 15 is 0 Å². The second-order valence-electron chi connectivity index (χ2n) is 2.87. The van der Waals surface area contributed by atoms with E-state index in [1.807, 2.05) is 6.07 Å². The minimum Gasteiger partial charge on any atom is -0.367 e. The van der Waals surface area contributed by atoms with Crippen LogP contribution in [0.2, 0.25) is 5.02 Å². The Bertz CT molecular complexity index is 285. The molecule has 0 radical (unpaired) electrons. The lowest BCUT2D eigenvalue weighted by atomic mass is 10.2. The van der Waals surface area contributed by atoms with Crippen molar-refractivity contribution in [3.8, 4) is 0 Å². The van der Waals surface area contributed by atoms with Gasteiger partial charge in [0, 0.05) is 22.8 Å². The van der Waals surface area contributed by atoms with E-state index in [2.05, 4.69) is 17.2 Å². The third kappa shape index (κ3) is 1.07. The molecule has 2 rings (SSSR count). The van der Waals surface area contributed by atoms with E-state index in [9.17, 15) is 0 Å². The van der Waals surface area contributed by atoms with Gasteiger partial charge in [-0.15, -0.1) is 0 Å². The number of aromatic nitrogens is 1. The van der Waals surface area contributed by atoms with Gasteiger partial charge in [-0.1, -0.05) is 11.6 Å². The van der Waals surface area contributed by atoms with Gasteiger partial charge in [0.15, 0.2) is 0 Å². The van der Waals surface area contributed by atoms with Gasteiger partial charge in [0.1, 0.15) is 5.82 Å². The topological polar surface area (TPSA) is 24.9 Å². The first kappa shape index (κ1) is 6.92. The molecule has 1 aliphatic heterocycles. The van der Waals surface area contributed by atoms with Crippen molar-refractivity contribution in [2.24, 2.45) is 0 Å². The fraction of sp³-hybridized carbons (Fsp3) is 0.375. The molecule has 0 aliphatic carbocycles. The maximum atomic E-state index is 5.95. The molecule has 2 nitrogen and oxygen atoms in total. The highest BCUT2D eigenvalue weighted by Gasteiger charge is 2.19. The summed E-state index contributed by atoms with van der Waals surface area (Å²) in [6, 6.07) is 2.30. The molecule has 1 aromatic heterocycles. The van der Waals surface area contributed by atoms with Gasteiger partial charge in [0.2, 0.25) is 0 Å². The fourth-order valence-electron chi connectivity index (χ4n) is 1.38. The van der Waals surface area contributed by atoms with Gasteiger partial charge in [0.05, 0.1) is 0 Å². The summed E-state index contributed by atoms with van der Waals surface area (Å²) in [4.78, 5) is 4.17. The largest absolute Gasteiger partial charge is 0.367 e. The number of nitrogens with one attached hydrogen (secondary N) is 1. The molecule has 0 amide bonds. The van der Waals surface area contributed by atoms with Crippen molar-refractivity contribution in [2.75, 3.05) is 5.32 Å². The Kier molecular flexibility index (Phi) is 1.50. The maximum absolute atomic E-state index is 5.95. The zero-order valence-electron chi connectivity index (χ0n) is 6.26. The molecule has 0 spiro atoms. The first-order valence-corrected chi connectivity index (χ1v) is 4.05. The van der Waals surface area contributed by atoms with Crippen molar-refractivity contribution in [3.05, 3.63) is 22.8 Å². The Hall–Kier alpha value is -0.760. The second kappa shape index (κ2) is 2.38. The number of rotatable bonds is 0. The smallest absolute Gasteiger partial charge is 0.130 e. The highest BCUT2D eigenvalue weighted by atomic mass is 35.5. The Morgan fingerprint density at radius 2 is 2.55 bits per heavy atom. The maximum Gasteiger partial charge on any atom is 0.130 e. The van der Waals surface area contributed by atoms with Crippen LogP contribution < -0.4 is 5.32 Å².